The zero-order chi connectivity index (χ0) is 23.4. The first-order valence-electron chi connectivity index (χ1n) is 13.6. The van der Waals surface area contributed by atoms with E-state index in [2.05, 4.69) is 24.8 Å². The lowest BCUT2D eigenvalue weighted by Gasteiger charge is -2.40. The van der Waals surface area contributed by atoms with Crippen molar-refractivity contribution in [2.24, 2.45) is 35.5 Å². The summed E-state index contributed by atoms with van der Waals surface area (Å²) in [6.07, 6.45) is 15.1. The molecule has 4 nitrogen and oxygen atoms in total. The predicted octanol–water partition coefficient (Wildman–Crippen LogP) is 6.77. The van der Waals surface area contributed by atoms with Crippen molar-refractivity contribution < 1.29 is 9.53 Å². The molecule has 1 atom stereocenters. The van der Waals surface area contributed by atoms with E-state index in [4.69, 9.17) is 4.74 Å². The van der Waals surface area contributed by atoms with Crippen LogP contribution < -0.4 is 0 Å². The number of hydrogen-bond acceptors (Lipinski definition) is 5. The summed E-state index contributed by atoms with van der Waals surface area (Å²) in [4.78, 5) is 15.1. The van der Waals surface area contributed by atoms with Gasteiger partial charge in [0, 0.05) is 19.3 Å². The molecule has 0 N–H and O–H groups in total. The molecule has 5 heteroatoms. The molecule has 1 unspecified atom stereocenters. The molecule has 33 heavy (non-hydrogen) atoms. The second-order valence-electron chi connectivity index (χ2n) is 11.7. The summed E-state index contributed by atoms with van der Waals surface area (Å²) in [7, 11) is 2.04. The Morgan fingerprint density at radius 2 is 1.33 bits per heavy atom. The number of carbonyl (C=O) groups is 1. The standard InChI is InChI=1S/C28H44N2O2S/c1-19-4-8-21(9-5-19)22-12-14-25(15-13-22)32-28(31)26(16-29)27-30(3)17-24(18-33-27)23-10-6-20(2)7-11-23/h19-25H,4-15,17-18H2,1-3H3/b27-26+. The van der Waals surface area contributed by atoms with Crippen LogP contribution in [0, 0.1) is 46.8 Å². The molecular formula is C28H44N2O2S. The lowest BCUT2D eigenvalue weighted by molar-refractivity contribution is -0.146. The Hall–Kier alpha value is -1.15. The van der Waals surface area contributed by atoms with Gasteiger partial charge in [-0.05, 0) is 86.9 Å². The van der Waals surface area contributed by atoms with Crippen molar-refractivity contribution in [1.29, 1.82) is 5.26 Å². The van der Waals surface area contributed by atoms with Gasteiger partial charge in [0.1, 0.15) is 12.2 Å². The molecule has 3 aliphatic carbocycles. The molecule has 0 bridgehead atoms. The highest BCUT2D eigenvalue weighted by atomic mass is 32.2. The first-order valence-corrected chi connectivity index (χ1v) is 14.6. The van der Waals surface area contributed by atoms with Crippen LogP contribution in [0.5, 0.6) is 0 Å². The van der Waals surface area contributed by atoms with Crippen molar-refractivity contribution in [3.05, 3.63) is 10.6 Å². The maximum atomic E-state index is 13.0. The minimum atomic E-state index is -0.397. The number of carbonyl (C=O) groups excluding carboxylic acids is 1. The van der Waals surface area contributed by atoms with Gasteiger partial charge in [0.2, 0.25) is 0 Å². The van der Waals surface area contributed by atoms with Gasteiger partial charge in [-0.3, -0.25) is 0 Å². The van der Waals surface area contributed by atoms with Crippen LogP contribution in [0.1, 0.15) is 90.9 Å². The Bertz CT molecular complexity index is 735. The molecule has 0 aromatic heterocycles. The fourth-order valence-electron chi connectivity index (χ4n) is 6.92. The van der Waals surface area contributed by atoms with E-state index >= 15 is 0 Å². The second kappa shape index (κ2) is 11.5. The van der Waals surface area contributed by atoms with E-state index in [1.165, 1.54) is 64.2 Å². The molecule has 1 saturated heterocycles. The van der Waals surface area contributed by atoms with Crippen molar-refractivity contribution in [3.8, 4) is 6.07 Å². The van der Waals surface area contributed by atoms with Gasteiger partial charge in [0.15, 0.2) is 5.57 Å². The molecule has 0 radical (unpaired) electrons. The zero-order valence-electron chi connectivity index (χ0n) is 21.1. The van der Waals surface area contributed by atoms with Crippen LogP contribution in [0.25, 0.3) is 0 Å². The van der Waals surface area contributed by atoms with Crippen LogP contribution in [0.4, 0.5) is 0 Å². The maximum absolute atomic E-state index is 13.0. The molecule has 0 spiro atoms. The number of ether oxygens (including phenoxy) is 1. The van der Waals surface area contributed by atoms with E-state index in [1.54, 1.807) is 11.8 Å². The zero-order valence-corrected chi connectivity index (χ0v) is 21.9. The summed E-state index contributed by atoms with van der Waals surface area (Å²) in [6.45, 7) is 5.70. The van der Waals surface area contributed by atoms with Gasteiger partial charge in [-0.2, -0.15) is 5.26 Å². The summed E-state index contributed by atoms with van der Waals surface area (Å²) >= 11 is 1.70. The van der Waals surface area contributed by atoms with Crippen molar-refractivity contribution in [2.45, 2.75) is 97.0 Å². The molecule has 4 fully saturated rings. The summed E-state index contributed by atoms with van der Waals surface area (Å²) in [6, 6.07) is 2.20. The molecular weight excluding hydrogens is 428 g/mol. The molecule has 1 heterocycles. The molecule has 184 valence electrons. The second-order valence-corrected chi connectivity index (χ2v) is 12.7. The minimum absolute atomic E-state index is 0.0175. The molecule has 0 aromatic carbocycles. The SMILES string of the molecule is CC1CCC(C2CCC(OC(=O)/C(C#N)=C3/SCC(C4CCC(C)CC4)CN3C)CC2)CC1. The van der Waals surface area contributed by atoms with Crippen LogP contribution in [0.3, 0.4) is 0 Å². The fourth-order valence-corrected chi connectivity index (χ4v) is 8.23. The first-order chi connectivity index (χ1) is 15.9. The number of nitriles is 1. The van der Waals surface area contributed by atoms with Crippen molar-refractivity contribution >= 4 is 17.7 Å². The molecule has 3 saturated carbocycles. The van der Waals surface area contributed by atoms with E-state index in [1.807, 2.05) is 7.05 Å². The van der Waals surface area contributed by atoms with Crippen LogP contribution >= 0.6 is 11.8 Å². The van der Waals surface area contributed by atoms with E-state index < -0.39 is 5.97 Å². The third-order valence-electron chi connectivity index (χ3n) is 9.27. The Kier molecular flexibility index (Phi) is 8.71. The summed E-state index contributed by atoms with van der Waals surface area (Å²) in [5, 5.41) is 10.7. The Labute approximate surface area is 205 Å². The molecule has 0 aromatic rings. The third kappa shape index (κ3) is 6.30. The largest absolute Gasteiger partial charge is 0.458 e. The minimum Gasteiger partial charge on any atom is -0.458 e. The van der Waals surface area contributed by atoms with Gasteiger partial charge in [0.05, 0.1) is 5.03 Å². The number of hydrogen-bond donors (Lipinski definition) is 0. The topological polar surface area (TPSA) is 53.3 Å². The number of esters is 1. The monoisotopic (exact) mass is 472 g/mol. The van der Waals surface area contributed by atoms with Crippen molar-refractivity contribution in [2.75, 3.05) is 19.3 Å². The average Bonchev–Trinajstić information content (AvgIpc) is 2.82. The number of thioether (sulfide) groups is 1. The van der Waals surface area contributed by atoms with Crippen LogP contribution in [0.15, 0.2) is 10.6 Å². The average molecular weight is 473 g/mol. The van der Waals surface area contributed by atoms with Gasteiger partial charge in [0.25, 0.3) is 0 Å². The van der Waals surface area contributed by atoms with Gasteiger partial charge in [-0.1, -0.05) is 39.5 Å². The predicted molar refractivity (Wildman–Crippen MR) is 135 cm³/mol. The number of rotatable bonds is 4. The van der Waals surface area contributed by atoms with Gasteiger partial charge >= 0.3 is 5.97 Å². The Morgan fingerprint density at radius 3 is 1.82 bits per heavy atom. The molecule has 1 aliphatic heterocycles. The highest BCUT2D eigenvalue weighted by Gasteiger charge is 2.35. The highest BCUT2D eigenvalue weighted by molar-refractivity contribution is 8.03. The lowest BCUT2D eigenvalue weighted by atomic mass is 9.71. The number of nitrogens with zero attached hydrogens (tertiary/aromatic N) is 2. The first kappa shape index (κ1) is 25.0. The van der Waals surface area contributed by atoms with Crippen molar-refractivity contribution in [3.63, 3.8) is 0 Å². The van der Waals surface area contributed by atoms with E-state index in [0.29, 0.717) is 5.92 Å². The smallest absolute Gasteiger partial charge is 0.351 e. The Balaban J connectivity index is 1.28. The summed E-state index contributed by atoms with van der Waals surface area (Å²) in [5.74, 6) is 5.51. The van der Waals surface area contributed by atoms with E-state index in [-0.39, 0.29) is 11.7 Å². The van der Waals surface area contributed by atoms with Gasteiger partial charge in [-0.15, -0.1) is 11.8 Å². The van der Waals surface area contributed by atoms with Crippen LogP contribution in [0.2, 0.25) is 0 Å². The summed E-state index contributed by atoms with van der Waals surface area (Å²) in [5.41, 5.74) is 0.224. The van der Waals surface area contributed by atoms with E-state index in [9.17, 15) is 10.1 Å². The van der Waals surface area contributed by atoms with Crippen LogP contribution in [-0.2, 0) is 9.53 Å². The normalized spacial score (nSPS) is 39.5. The third-order valence-corrected chi connectivity index (χ3v) is 10.6. The fraction of sp³-hybridized carbons (Fsp3) is 0.857. The molecule has 4 rings (SSSR count). The maximum Gasteiger partial charge on any atom is 0.351 e. The highest BCUT2D eigenvalue weighted by Crippen LogP contribution is 2.42. The van der Waals surface area contributed by atoms with Gasteiger partial charge in [-0.25, -0.2) is 4.79 Å². The molecule has 4 aliphatic rings. The molecule has 0 amide bonds. The van der Waals surface area contributed by atoms with Crippen LogP contribution in [-0.4, -0.2) is 36.3 Å². The van der Waals surface area contributed by atoms with E-state index in [0.717, 1.165) is 59.8 Å². The lowest BCUT2D eigenvalue weighted by Crippen LogP contribution is -2.37. The summed E-state index contributed by atoms with van der Waals surface area (Å²) < 4.78 is 5.89. The quantitative estimate of drug-likeness (QED) is 0.257. The van der Waals surface area contributed by atoms with Gasteiger partial charge < -0.3 is 9.64 Å². The van der Waals surface area contributed by atoms with Crippen molar-refractivity contribution in [1.82, 2.24) is 4.90 Å². The Morgan fingerprint density at radius 1 is 0.848 bits per heavy atom.